The summed E-state index contributed by atoms with van der Waals surface area (Å²) in [5.41, 5.74) is 2.58. The molecule has 0 spiro atoms. The van der Waals surface area contributed by atoms with Gasteiger partial charge in [0.25, 0.3) is 5.69 Å². The van der Waals surface area contributed by atoms with E-state index in [9.17, 15) is 10.1 Å². The lowest BCUT2D eigenvalue weighted by Crippen LogP contribution is -1.92. The fourth-order valence-electron chi connectivity index (χ4n) is 2.24. The largest absolute Gasteiger partial charge is 0.497 e. The van der Waals surface area contributed by atoms with Crippen LogP contribution in [0.25, 0.3) is 16.9 Å². The molecule has 116 valence electrons. The number of imidazole rings is 1. The molecule has 2 aromatic carbocycles. The molecular weight excluding hydrogens is 314 g/mol. The van der Waals surface area contributed by atoms with E-state index < -0.39 is 4.92 Å². The standard InChI is InChI=1S/C16H13N3O3S/c1-22-14-8-6-12(7-9-14)18-10-15(17-16(18)23)11-2-4-13(5-3-11)19(20)21/h2-10H,1H3,(H,17,23). The lowest BCUT2D eigenvalue weighted by molar-refractivity contribution is -0.384. The van der Waals surface area contributed by atoms with Crippen LogP contribution in [0.4, 0.5) is 5.69 Å². The number of H-pyrrole nitrogens is 1. The second kappa shape index (κ2) is 6.05. The van der Waals surface area contributed by atoms with Gasteiger partial charge in [0.1, 0.15) is 5.75 Å². The Morgan fingerprint density at radius 2 is 1.78 bits per heavy atom. The van der Waals surface area contributed by atoms with Crippen molar-refractivity contribution in [3.05, 3.63) is 69.6 Å². The van der Waals surface area contributed by atoms with E-state index in [1.807, 2.05) is 35.0 Å². The molecule has 0 saturated carbocycles. The van der Waals surface area contributed by atoms with Gasteiger partial charge in [-0.05, 0) is 48.6 Å². The van der Waals surface area contributed by atoms with Crippen molar-refractivity contribution in [2.75, 3.05) is 7.11 Å². The Labute approximate surface area is 137 Å². The summed E-state index contributed by atoms with van der Waals surface area (Å²) in [5, 5.41) is 10.7. The lowest BCUT2D eigenvalue weighted by Gasteiger charge is -2.03. The third-order valence-corrected chi connectivity index (χ3v) is 3.76. The van der Waals surface area contributed by atoms with Crippen LogP contribution in [0.15, 0.2) is 54.7 Å². The first-order chi connectivity index (χ1) is 11.1. The molecule has 1 aromatic heterocycles. The van der Waals surface area contributed by atoms with E-state index in [1.54, 1.807) is 19.2 Å². The number of methoxy groups -OCH3 is 1. The molecule has 0 fully saturated rings. The number of nitrogens with one attached hydrogen (secondary N) is 1. The van der Waals surface area contributed by atoms with Crippen LogP contribution in [0, 0.1) is 14.9 Å². The highest BCUT2D eigenvalue weighted by molar-refractivity contribution is 7.71. The molecule has 0 radical (unpaired) electrons. The molecule has 3 rings (SSSR count). The highest BCUT2D eigenvalue weighted by Gasteiger charge is 2.08. The average molecular weight is 327 g/mol. The average Bonchev–Trinajstić information content (AvgIpc) is 2.97. The maximum absolute atomic E-state index is 10.7. The lowest BCUT2D eigenvalue weighted by atomic mass is 10.1. The van der Waals surface area contributed by atoms with Crippen LogP contribution in [0.3, 0.4) is 0 Å². The summed E-state index contributed by atoms with van der Waals surface area (Å²) >= 11 is 5.35. The predicted molar refractivity (Wildman–Crippen MR) is 89.6 cm³/mol. The van der Waals surface area contributed by atoms with E-state index in [1.165, 1.54) is 12.1 Å². The summed E-state index contributed by atoms with van der Waals surface area (Å²) in [5.74, 6) is 0.770. The third-order valence-electron chi connectivity index (χ3n) is 3.46. The minimum atomic E-state index is -0.422. The van der Waals surface area contributed by atoms with Gasteiger partial charge in [0.15, 0.2) is 4.77 Å². The van der Waals surface area contributed by atoms with Crippen molar-refractivity contribution < 1.29 is 9.66 Å². The van der Waals surface area contributed by atoms with Gasteiger partial charge in [0, 0.05) is 29.6 Å². The summed E-state index contributed by atoms with van der Waals surface area (Å²) in [7, 11) is 1.61. The fourth-order valence-corrected chi connectivity index (χ4v) is 2.51. The molecule has 7 heteroatoms. The zero-order chi connectivity index (χ0) is 16.4. The Balaban J connectivity index is 1.96. The monoisotopic (exact) mass is 327 g/mol. The molecule has 0 unspecified atom stereocenters. The Morgan fingerprint density at radius 1 is 1.13 bits per heavy atom. The minimum absolute atomic E-state index is 0.0573. The second-order valence-electron chi connectivity index (χ2n) is 4.84. The van der Waals surface area contributed by atoms with Gasteiger partial charge in [-0.25, -0.2) is 0 Å². The van der Waals surface area contributed by atoms with Crippen LogP contribution in [0.1, 0.15) is 0 Å². The first-order valence-electron chi connectivity index (χ1n) is 6.79. The first-order valence-corrected chi connectivity index (χ1v) is 7.20. The summed E-state index contributed by atoms with van der Waals surface area (Å²) in [6.45, 7) is 0. The normalized spacial score (nSPS) is 10.5. The van der Waals surface area contributed by atoms with Gasteiger partial charge >= 0.3 is 0 Å². The molecule has 0 aliphatic rings. The Hall–Kier alpha value is -2.93. The van der Waals surface area contributed by atoms with E-state index in [0.717, 1.165) is 22.7 Å². The molecule has 0 aliphatic heterocycles. The number of non-ortho nitro benzene ring substituents is 1. The van der Waals surface area contributed by atoms with Crippen molar-refractivity contribution in [1.82, 2.24) is 9.55 Å². The number of nitrogens with zero attached hydrogens (tertiary/aromatic N) is 2. The van der Waals surface area contributed by atoms with Crippen molar-refractivity contribution in [3.63, 3.8) is 0 Å². The van der Waals surface area contributed by atoms with Gasteiger partial charge < -0.3 is 9.72 Å². The molecule has 0 bridgehead atoms. The predicted octanol–water partition coefficient (Wildman–Crippen LogP) is 4.12. The van der Waals surface area contributed by atoms with Gasteiger partial charge in [-0.3, -0.25) is 14.7 Å². The molecular formula is C16H13N3O3S. The number of nitro benzene ring substituents is 1. The maximum atomic E-state index is 10.7. The minimum Gasteiger partial charge on any atom is -0.497 e. The van der Waals surface area contributed by atoms with Gasteiger partial charge in [0.2, 0.25) is 0 Å². The fraction of sp³-hybridized carbons (Fsp3) is 0.0625. The zero-order valence-electron chi connectivity index (χ0n) is 12.2. The second-order valence-corrected chi connectivity index (χ2v) is 5.23. The van der Waals surface area contributed by atoms with E-state index in [2.05, 4.69) is 4.98 Å². The van der Waals surface area contributed by atoms with Crippen LogP contribution in [0.2, 0.25) is 0 Å². The Morgan fingerprint density at radius 3 is 2.35 bits per heavy atom. The molecule has 23 heavy (non-hydrogen) atoms. The van der Waals surface area contributed by atoms with Gasteiger partial charge in [-0.15, -0.1) is 0 Å². The molecule has 3 aromatic rings. The van der Waals surface area contributed by atoms with Crippen LogP contribution in [0.5, 0.6) is 5.75 Å². The number of hydrogen-bond donors (Lipinski definition) is 1. The SMILES string of the molecule is COc1ccc(-n2cc(-c3ccc([N+](=O)[O-])cc3)[nH]c2=S)cc1. The number of nitro groups is 1. The van der Waals surface area contributed by atoms with E-state index in [0.29, 0.717) is 4.77 Å². The molecule has 1 heterocycles. The molecule has 6 nitrogen and oxygen atoms in total. The van der Waals surface area contributed by atoms with Crippen LogP contribution in [-0.2, 0) is 0 Å². The molecule has 1 N–H and O–H groups in total. The number of aromatic amines is 1. The zero-order valence-corrected chi connectivity index (χ0v) is 13.0. The third kappa shape index (κ3) is 3.00. The van der Waals surface area contributed by atoms with Gasteiger partial charge in [0.05, 0.1) is 17.7 Å². The van der Waals surface area contributed by atoms with Gasteiger partial charge in [-0.2, -0.15) is 0 Å². The quantitative estimate of drug-likeness (QED) is 0.444. The first kappa shape index (κ1) is 15.0. The van der Waals surface area contributed by atoms with Crippen LogP contribution in [-0.4, -0.2) is 21.6 Å². The van der Waals surface area contributed by atoms with Crippen LogP contribution >= 0.6 is 12.2 Å². The van der Waals surface area contributed by atoms with Gasteiger partial charge in [-0.1, -0.05) is 0 Å². The van der Waals surface area contributed by atoms with Crippen molar-refractivity contribution in [1.29, 1.82) is 0 Å². The Kier molecular flexibility index (Phi) is 3.94. The van der Waals surface area contributed by atoms with Crippen molar-refractivity contribution in [2.45, 2.75) is 0 Å². The topological polar surface area (TPSA) is 73.1 Å². The van der Waals surface area contributed by atoms with Crippen molar-refractivity contribution in [3.8, 4) is 22.7 Å². The number of aromatic nitrogens is 2. The number of benzene rings is 2. The highest BCUT2D eigenvalue weighted by Crippen LogP contribution is 2.23. The van der Waals surface area contributed by atoms with Crippen LogP contribution < -0.4 is 4.74 Å². The summed E-state index contributed by atoms with van der Waals surface area (Å²) in [6.07, 6.45) is 1.87. The number of hydrogen-bond acceptors (Lipinski definition) is 4. The van der Waals surface area contributed by atoms with Crippen molar-refractivity contribution in [2.24, 2.45) is 0 Å². The maximum Gasteiger partial charge on any atom is 0.269 e. The molecule has 0 saturated heterocycles. The van der Waals surface area contributed by atoms with E-state index in [4.69, 9.17) is 17.0 Å². The number of ether oxygens (including phenoxy) is 1. The Bertz CT molecular complexity index is 896. The van der Waals surface area contributed by atoms with Crippen molar-refractivity contribution >= 4 is 17.9 Å². The summed E-state index contributed by atoms with van der Waals surface area (Å²) in [4.78, 5) is 13.4. The summed E-state index contributed by atoms with van der Waals surface area (Å²) < 4.78 is 7.53. The number of rotatable bonds is 4. The summed E-state index contributed by atoms with van der Waals surface area (Å²) in [6, 6.07) is 13.8. The molecule has 0 atom stereocenters. The molecule has 0 aliphatic carbocycles. The molecule has 0 amide bonds. The van der Waals surface area contributed by atoms with E-state index in [-0.39, 0.29) is 5.69 Å². The highest BCUT2D eigenvalue weighted by atomic mass is 32.1. The smallest absolute Gasteiger partial charge is 0.269 e. The van der Waals surface area contributed by atoms with E-state index >= 15 is 0 Å².